The average molecular weight is 342 g/mol. The minimum Gasteiger partial charge on any atom is -0.491 e. The molecule has 0 atom stereocenters. The maximum atomic E-state index is 10.8. The van der Waals surface area contributed by atoms with E-state index in [2.05, 4.69) is 4.74 Å². The number of carbonyl (C=O) groups is 1. The van der Waals surface area contributed by atoms with Crippen LogP contribution in [0, 0.1) is 0 Å². The van der Waals surface area contributed by atoms with Crippen molar-refractivity contribution in [2.24, 2.45) is 0 Å². The Labute approximate surface area is 142 Å². The lowest BCUT2D eigenvalue weighted by molar-refractivity contribution is -0.146. The van der Waals surface area contributed by atoms with Crippen LogP contribution in [0.4, 0.5) is 0 Å². The van der Waals surface area contributed by atoms with E-state index in [1.54, 1.807) is 0 Å². The molecule has 7 heteroatoms. The Morgan fingerprint density at radius 3 is 1.79 bits per heavy atom. The SMILES string of the molecule is COC(=O)COCCOCCOCCOCCOc1ccccc1. The Balaban J connectivity index is 1.74. The van der Waals surface area contributed by atoms with E-state index in [1.165, 1.54) is 7.11 Å². The zero-order valence-electron chi connectivity index (χ0n) is 14.1. The molecule has 1 rings (SSSR count). The summed E-state index contributed by atoms with van der Waals surface area (Å²) in [6.45, 7) is 3.72. The van der Waals surface area contributed by atoms with Crippen molar-refractivity contribution in [2.75, 3.05) is 66.6 Å². The molecule has 0 unspecified atom stereocenters. The minimum atomic E-state index is -0.396. The number of rotatable bonds is 15. The highest BCUT2D eigenvalue weighted by molar-refractivity contribution is 5.70. The van der Waals surface area contributed by atoms with Crippen LogP contribution in [0.5, 0.6) is 5.75 Å². The van der Waals surface area contributed by atoms with Crippen LogP contribution in [0.15, 0.2) is 30.3 Å². The highest BCUT2D eigenvalue weighted by Gasteiger charge is 1.99. The summed E-state index contributed by atoms with van der Waals surface area (Å²) in [6, 6.07) is 9.61. The summed E-state index contributed by atoms with van der Waals surface area (Å²) < 4.78 is 31.0. The number of benzene rings is 1. The molecule has 0 aromatic heterocycles. The fourth-order valence-corrected chi connectivity index (χ4v) is 1.61. The third kappa shape index (κ3) is 11.8. The number of hydrogen-bond donors (Lipinski definition) is 0. The van der Waals surface area contributed by atoms with Gasteiger partial charge in [-0.3, -0.25) is 0 Å². The van der Waals surface area contributed by atoms with Crippen LogP contribution in [0.1, 0.15) is 0 Å². The van der Waals surface area contributed by atoms with Crippen LogP contribution in [0.25, 0.3) is 0 Å². The van der Waals surface area contributed by atoms with Gasteiger partial charge in [0.1, 0.15) is 19.0 Å². The van der Waals surface area contributed by atoms with E-state index in [9.17, 15) is 4.79 Å². The molecule has 0 saturated carbocycles. The number of esters is 1. The molecule has 136 valence electrons. The summed E-state index contributed by atoms with van der Waals surface area (Å²) in [7, 11) is 1.32. The molecule has 0 saturated heterocycles. The van der Waals surface area contributed by atoms with Gasteiger partial charge >= 0.3 is 5.97 Å². The van der Waals surface area contributed by atoms with Crippen molar-refractivity contribution in [1.82, 2.24) is 0 Å². The lowest BCUT2D eigenvalue weighted by atomic mass is 10.3. The van der Waals surface area contributed by atoms with Gasteiger partial charge in [-0.05, 0) is 12.1 Å². The summed E-state index contributed by atoms with van der Waals surface area (Å²) in [5.41, 5.74) is 0. The Morgan fingerprint density at radius 2 is 1.25 bits per heavy atom. The van der Waals surface area contributed by atoms with Crippen molar-refractivity contribution >= 4 is 5.97 Å². The molecule has 0 aliphatic carbocycles. The monoisotopic (exact) mass is 342 g/mol. The molecule has 1 aromatic carbocycles. The number of carbonyl (C=O) groups excluding carboxylic acids is 1. The summed E-state index contributed by atoms with van der Waals surface area (Å²) in [5.74, 6) is 0.442. The predicted octanol–water partition coefficient (Wildman–Crippen LogP) is 1.30. The third-order valence-electron chi connectivity index (χ3n) is 2.80. The molecule has 0 N–H and O–H groups in total. The van der Waals surface area contributed by atoms with Crippen molar-refractivity contribution < 1.29 is 33.2 Å². The second-order valence-corrected chi connectivity index (χ2v) is 4.63. The highest BCUT2D eigenvalue weighted by atomic mass is 16.6. The maximum absolute atomic E-state index is 10.8. The van der Waals surface area contributed by atoms with Crippen molar-refractivity contribution in [1.29, 1.82) is 0 Å². The second-order valence-electron chi connectivity index (χ2n) is 4.63. The van der Waals surface area contributed by atoms with E-state index >= 15 is 0 Å². The Kier molecular flexibility index (Phi) is 12.6. The maximum Gasteiger partial charge on any atom is 0.331 e. The number of hydrogen-bond acceptors (Lipinski definition) is 7. The number of ether oxygens (including phenoxy) is 6. The summed E-state index contributed by atoms with van der Waals surface area (Å²) in [4.78, 5) is 10.8. The molecule has 7 nitrogen and oxygen atoms in total. The van der Waals surface area contributed by atoms with Crippen LogP contribution in [0.2, 0.25) is 0 Å². The Morgan fingerprint density at radius 1 is 0.750 bits per heavy atom. The molecular weight excluding hydrogens is 316 g/mol. The Hall–Kier alpha value is -1.67. The number of methoxy groups -OCH3 is 1. The lowest BCUT2D eigenvalue weighted by Gasteiger charge is -2.08. The second kappa shape index (κ2) is 14.9. The molecule has 0 heterocycles. The number of para-hydroxylation sites is 1. The quantitative estimate of drug-likeness (QED) is 0.351. The molecule has 0 amide bonds. The van der Waals surface area contributed by atoms with Crippen LogP contribution >= 0.6 is 0 Å². The van der Waals surface area contributed by atoms with Gasteiger partial charge in [-0.2, -0.15) is 0 Å². The standard InChI is InChI=1S/C17H26O7/c1-19-17(18)15-23-12-11-21-8-7-20-9-10-22-13-14-24-16-5-3-2-4-6-16/h2-6H,7-15H2,1H3. The zero-order valence-corrected chi connectivity index (χ0v) is 14.1. The van der Waals surface area contributed by atoms with Crippen molar-refractivity contribution in [3.63, 3.8) is 0 Å². The van der Waals surface area contributed by atoms with Crippen LogP contribution in [-0.4, -0.2) is 72.5 Å². The fourth-order valence-electron chi connectivity index (χ4n) is 1.61. The third-order valence-corrected chi connectivity index (χ3v) is 2.80. The zero-order chi connectivity index (χ0) is 17.3. The summed E-state index contributed by atoms with van der Waals surface area (Å²) in [5, 5.41) is 0. The molecule has 0 bridgehead atoms. The lowest BCUT2D eigenvalue weighted by Crippen LogP contribution is -2.15. The smallest absolute Gasteiger partial charge is 0.331 e. The van der Waals surface area contributed by atoms with Gasteiger partial charge in [0, 0.05) is 0 Å². The van der Waals surface area contributed by atoms with Crippen LogP contribution < -0.4 is 4.74 Å². The molecule has 0 radical (unpaired) electrons. The normalized spacial score (nSPS) is 10.5. The van der Waals surface area contributed by atoms with Gasteiger partial charge in [0.05, 0.1) is 53.4 Å². The molecule has 0 spiro atoms. The van der Waals surface area contributed by atoms with Gasteiger partial charge in [-0.15, -0.1) is 0 Å². The molecule has 0 aliphatic rings. The van der Waals surface area contributed by atoms with E-state index in [0.717, 1.165) is 5.75 Å². The van der Waals surface area contributed by atoms with E-state index in [4.69, 9.17) is 23.7 Å². The topological polar surface area (TPSA) is 72.5 Å². The van der Waals surface area contributed by atoms with Crippen molar-refractivity contribution in [3.05, 3.63) is 30.3 Å². The van der Waals surface area contributed by atoms with Gasteiger partial charge in [-0.1, -0.05) is 18.2 Å². The van der Waals surface area contributed by atoms with Gasteiger partial charge in [0.25, 0.3) is 0 Å². The van der Waals surface area contributed by atoms with Gasteiger partial charge in [0.15, 0.2) is 0 Å². The minimum absolute atomic E-state index is 0.0539. The molecule has 0 aliphatic heterocycles. The predicted molar refractivity (Wildman–Crippen MR) is 87.2 cm³/mol. The average Bonchev–Trinajstić information content (AvgIpc) is 2.62. The van der Waals surface area contributed by atoms with Crippen LogP contribution in [-0.2, 0) is 28.5 Å². The summed E-state index contributed by atoms with van der Waals surface area (Å²) >= 11 is 0. The van der Waals surface area contributed by atoms with Gasteiger partial charge in [-0.25, -0.2) is 4.79 Å². The van der Waals surface area contributed by atoms with E-state index in [0.29, 0.717) is 52.9 Å². The van der Waals surface area contributed by atoms with Crippen molar-refractivity contribution in [3.8, 4) is 5.75 Å². The fraction of sp³-hybridized carbons (Fsp3) is 0.588. The highest BCUT2D eigenvalue weighted by Crippen LogP contribution is 2.07. The summed E-state index contributed by atoms with van der Waals surface area (Å²) in [6.07, 6.45) is 0. The van der Waals surface area contributed by atoms with E-state index < -0.39 is 5.97 Å². The molecular formula is C17H26O7. The first kappa shape index (κ1) is 20.4. The first-order valence-corrected chi connectivity index (χ1v) is 7.88. The van der Waals surface area contributed by atoms with Crippen LogP contribution in [0.3, 0.4) is 0 Å². The Bertz CT molecular complexity index is 411. The molecule has 0 fully saturated rings. The van der Waals surface area contributed by atoms with E-state index in [-0.39, 0.29) is 6.61 Å². The van der Waals surface area contributed by atoms with Crippen molar-refractivity contribution in [2.45, 2.75) is 0 Å². The van der Waals surface area contributed by atoms with Gasteiger partial charge in [0.2, 0.25) is 0 Å². The largest absolute Gasteiger partial charge is 0.491 e. The van der Waals surface area contributed by atoms with Gasteiger partial charge < -0.3 is 28.4 Å². The molecule has 1 aromatic rings. The molecule has 24 heavy (non-hydrogen) atoms. The van der Waals surface area contributed by atoms with E-state index in [1.807, 2.05) is 30.3 Å². The first-order chi connectivity index (χ1) is 11.8. The first-order valence-electron chi connectivity index (χ1n) is 7.88.